The summed E-state index contributed by atoms with van der Waals surface area (Å²) in [6.07, 6.45) is 0. The van der Waals surface area contributed by atoms with Crippen molar-refractivity contribution < 1.29 is 19.0 Å². The number of benzene rings is 2. The van der Waals surface area contributed by atoms with Gasteiger partial charge in [-0.2, -0.15) is 0 Å². The van der Waals surface area contributed by atoms with Crippen LogP contribution < -0.4 is 5.73 Å². The van der Waals surface area contributed by atoms with E-state index in [0.29, 0.717) is 5.56 Å². The number of esters is 1. The van der Waals surface area contributed by atoms with Gasteiger partial charge in [0.1, 0.15) is 18.2 Å². The molecule has 0 aliphatic rings. The highest BCUT2D eigenvalue weighted by Gasteiger charge is 2.10. The Hall–Kier alpha value is -2.56. The van der Waals surface area contributed by atoms with Crippen molar-refractivity contribution in [3.8, 4) is 5.75 Å². The zero-order valence-electron chi connectivity index (χ0n) is 9.97. The average Bonchev–Trinajstić information content (AvgIpc) is 2.39. The Balaban J connectivity index is 2.03. The Morgan fingerprint density at radius 2 is 2.05 bits per heavy atom. The van der Waals surface area contributed by atoms with E-state index in [1.807, 2.05) is 0 Å². The molecule has 0 atom stereocenters. The number of aromatic hydroxyl groups is 1. The third kappa shape index (κ3) is 3.22. The SMILES string of the molecule is Nc1ccc(C(=O)OCc2cccc(O)c2)cc1F. The molecular weight excluding hydrogens is 249 g/mol. The highest BCUT2D eigenvalue weighted by molar-refractivity contribution is 5.89. The molecule has 98 valence electrons. The second-order valence-electron chi connectivity index (χ2n) is 3.98. The molecule has 2 aromatic carbocycles. The first-order chi connectivity index (χ1) is 9.06. The zero-order chi connectivity index (χ0) is 13.8. The minimum absolute atomic E-state index is 0.000765. The molecule has 0 unspecified atom stereocenters. The third-order valence-corrected chi connectivity index (χ3v) is 2.52. The molecule has 19 heavy (non-hydrogen) atoms. The van der Waals surface area contributed by atoms with Gasteiger partial charge in [0.25, 0.3) is 0 Å². The van der Waals surface area contributed by atoms with Crippen LogP contribution in [0.5, 0.6) is 5.75 Å². The Kier molecular flexibility index (Phi) is 3.66. The molecule has 3 N–H and O–H groups in total. The van der Waals surface area contributed by atoms with Crippen molar-refractivity contribution in [2.45, 2.75) is 6.61 Å². The normalized spacial score (nSPS) is 10.2. The quantitative estimate of drug-likeness (QED) is 0.657. The van der Waals surface area contributed by atoms with Crippen molar-refractivity contribution in [2.75, 3.05) is 5.73 Å². The van der Waals surface area contributed by atoms with Crippen LogP contribution in [0, 0.1) is 5.82 Å². The summed E-state index contributed by atoms with van der Waals surface area (Å²) in [5.41, 5.74) is 6.02. The van der Waals surface area contributed by atoms with Gasteiger partial charge in [-0.25, -0.2) is 9.18 Å². The van der Waals surface area contributed by atoms with Gasteiger partial charge in [-0.1, -0.05) is 12.1 Å². The number of phenolic OH excluding ortho intramolecular Hbond substituents is 1. The van der Waals surface area contributed by atoms with Crippen molar-refractivity contribution in [1.29, 1.82) is 0 Å². The second kappa shape index (κ2) is 5.39. The minimum atomic E-state index is -0.660. The number of nitrogens with two attached hydrogens (primary N) is 1. The van der Waals surface area contributed by atoms with Crippen LogP contribution in [0.1, 0.15) is 15.9 Å². The largest absolute Gasteiger partial charge is 0.508 e. The number of phenols is 1. The van der Waals surface area contributed by atoms with E-state index in [9.17, 15) is 14.3 Å². The maximum atomic E-state index is 13.2. The summed E-state index contributed by atoms with van der Waals surface area (Å²) in [4.78, 5) is 11.7. The van der Waals surface area contributed by atoms with Gasteiger partial charge in [-0.15, -0.1) is 0 Å². The third-order valence-electron chi connectivity index (χ3n) is 2.52. The van der Waals surface area contributed by atoms with Crippen LogP contribution in [-0.2, 0) is 11.3 Å². The van der Waals surface area contributed by atoms with Gasteiger partial charge in [0.05, 0.1) is 11.3 Å². The molecule has 0 heterocycles. The summed E-state index contributed by atoms with van der Waals surface area (Å²) in [6, 6.07) is 10.1. The Bertz CT molecular complexity index is 613. The van der Waals surface area contributed by atoms with Crippen LogP contribution >= 0.6 is 0 Å². The number of anilines is 1. The maximum absolute atomic E-state index is 13.2. The van der Waals surface area contributed by atoms with Gasteiger partial charge in [0.15, 0.2) is 0 Å². The molecule has 0 aromatic heterocycles. The molecule has 0 saturated carbocycles. The number of halogens is 1. The van der Waals surface area contributed by atoms with Gasteiger partial charge >= 0.3 is 5.97 Å². The lowest BCUT2D eigenvalue weighted by atomic mass is 10.2. The number of carbonyl (C=O) groups excluding carboxylic acids is 1. The Morgan fingerprint density at radius 1 is 1.26 bits per heavy atom. The molecule has 0 fully saturated rings. The van der Waals surface area contributed by atoms with Crippen molar-refractivity contribution >= 4 is 11.7 Å². The molecular formula is C14H12FNO3. The van der Waals surface area contributed by atoms with Gasteiger partial charge in [0, 0.05) is 0 Å². The van der Waals surface area contributed by atoms with Gasteiger partial charge < -0.3 is 15.6 Å². The zero-order valence-corrected chi connectivity index (χ0v) is 9.97. The van der Waals surface area contributed by atoms with Crippen molar-refractivity contribution in [3.63, 3.8) is 0 Å². The molecule has 0 saturated heterocycles. The number of rotatable bonds is 3. The van der Waals surface area contributed by atoms with Crippen LogP contribution in [-0.4, -0.2) is 11.1 Å². The molecule has 0 aliphatic heterocycles. The number of hydrogen-bond acceptors (Lipinski definition) is 4. The lowest BCUT2D eigenvalue weighted by Crippen LogP contribution is -2.06. The smallest absolute Gasteiger partial charge is 0.338 e. The van der Waals surface area contributed by atoms with E-state index in [-0.39, 0.29) is 23.6 Å². The molecule has 0 amide bonds. The van der Waals surface area contributed by atoms with Crippen LogP contribution in [0.15, 0.2) is 42.5 Å². The van der Waals surface area contributed by atoms with Crippen LogP contribution in [0.3, 0.4) is 0 Å². The van der Waals surface area contributed by atoms with E-state index in [1.54, 1.807) is 12.1 Å². The summed E-state index contributed by atoms with van der Waals surface area (Å²) in [5.74, 6) is -1.22. The molecule has 0 spiro atoms. The number of hydrogen-bond donors (Lipinski definition) is 2. The Morgan fingerprint density at radius 3 is 2.74 bits per heavy atom. The highest BCUT2D eigenvalue weighted by atomic mass is 19.1. The fourth-order valence-corrected chi connectivity index (χ4v) is 1.53. The van der Waals surface area contributed by atoms with E-state index in [1.165, 1.54) is 24.3 Å². The molecule has 0 radical (unpaired) electrons. The first-order valence-corrected chi connectivity index (χ1v) is 5.56. The van der Waals surface area contributed by atoms with Crippen molar-refractivity contribution in [2.24, 2.45) is 0 Å². The predicted molar refractivity (Wildman–Crippen MR) is 68.0 cm³/mol. The fourth-order valence-electron chi connectivity index (χ4n) is 1.53. The van der Waals surface area contributed by atoms with Crippen molar-refractivity contribution in [3.05, 3.63) is 59.4 Å². The monoisotopic (exact) mass is 261 g/mol. The van der Waals surface area contributed by atoms with Gasteiger partial charge in [0.2, 0.25) is 0 Å². The maximum Gasteiger partial charge on any atom is 0.338 e. The predicted octanol–water partition coefficient (Wildman–Crippen LogP) is 2.47. The lowest BCUT2D eigenvalue weighted by molar-refractivity contribution is 0.0472. The summed E-state index contributed by atoms with van der Waals surface area (Å²) in [7, 11) is 0. The molecule has 2 aromatic rings. The van der Waals surface area contributed by atoms with Crippen LogP contribution in [0.2, 0.25) is 0 Å². The van der Waals surface area contributed by atoms with Crippen LogP contribution in [0.4, 0.5) is 10.1 Å². The van der Waals surface area contributed by atoms with E-state index >= 15 is 0 Å². The summed E-state index contributed by atoms with van der Waals surface area (Å²) in [6.45, 7) is -0.000765. The Labute approximate surface area is 109 Å². The first-order valence-electron chi connectivity index (χ1n) is 5.56. The molecule has 4 nitrogen and oxygen atoms in total. The molecule has 5 heteroatoms. The second-order valence-corrected chi connectivity index (χ2v) is 3.98. The van der Waals surface area contributed by atoms with Crippen LogP contribution in [0.25, 0.3) is 0 Å². The van der Waals surface area contributed by atoms with E-state index in [4.69, 9.17) is 10.5 Å². The molecule has 2 rings (SSSR count). The van der Waals surface area contributed by atoms with Gasteiger partial charge in [-0.05, 0) is 35.9 Å². The lowest BCUT2D eigenvalue weighted by Gasteiger charge is -2.06. The van der Waals surface area contributed by atoms with Crippen molar-refractivity contribution in [1.82, 2.24) is 0 Å². The summed E-state index contributed by atoms with van der Waals surface area (Å²) >= 11 is 0. The standard InChI is InChI=1S/C14H12FNO3/c15-12-7-10(4-5-13(12)16)14(18)19-8-9-2-1-3-11(17)6-9/h1-7,17H,8,16H2. The topological polar surface area (TPSA) is 72.6 Å². The number of carbonyl (C=O) groups is 1. The van der Waals surface area contributed by atoms with E-state index < -0.39 is 11.8 Å². The number of ether oxygens (including phenoxy) is 1. The first kappa shape index (κ1) is 12.9. The van der Waals surface area contributed by atoms with Gasteiger partial charge in [-0.3, -0.25) is 0 Å². The highest BCUT2D eigenvalue weighted by Crippen LogP contribution is 2.15. The minimum Gasteiger partial charge on any atom is -0.508 e. The average molecular weight is 261 g/mol. The summed E-state index contributed by atoms with van der Waals surface area (Å²) in [5, 5.41) is 9.26. The van der Waals surface area contributed by atoms with E-state index in [0.717, 1.165) is 6.07 Å². The molecule has 0 bridgehead atoms. The molecule has 0 aliphatic carbocycles. The van der Waals surface area contributed by atoms with E-state index in [2.05, 4.69) is 0 Å². The summed E-state index contributed by atoms with van der Waals surface area (Å²) < 4.78 is 18.2. The fraction of sp³-hybridized carbons (Fsp3) is 0.0714. The number of nitrogen functional groups attached to an aromatic ring is 1.